The van der Waals surface area contributed by atoms with E-state index in [1.807, 2.05) is 72.8 Å². The molecule has 3 aromatic carbocycles. The molecule has 0 aliphatic heterocycles. The van der Waals surface area contributed by atoms with Crippen molar-refractivity contribution in [2.45, 2.75) is 32.1 Å². The van der Waals surface area contributed by atoms with Crippen molar-refractivity contribution < 1.29 is 9.59 Å². The first-order valence-corrected chi connectivity index (χ1v) is 10.6. The molecular formula is C27H29N3O2. The molecule has 0 aromatic heterocycles. The van der Waals surface area contributed by atoms with E-state index >= 15 is 0 Å². The van der Waals surface area contributed by atoms with Crippen LogP contribution in [-0.2, 0) is 15.0 Å². The van der Waals surface area contributed by atoms with Crippen LogP contribution in [0.4, 0.5) is 0 Å². The lowest BCUT2D eigenvalue weighted by Crippen LogP contribution is -2.37. The Labute approximate surface area is 189 Å². The van der Waals surface area contributed by atoms with Gasteiger partial charge in [-0.15, -0.1) is 0 Å². The first kappa shape index (κ1) is 22.9. The first-order chi connectivity index (χ1) is 15.3. The highest BCUT2D eigenvalue weighted by Gasteiger charge is 2.22. The molecule has 3 rings (SSSR count). The molecule has 5 heteroatoms. The molecule has 0 spiro atoms. The molecule has 0 bridgehead atoms. The third kappa shape index (κ3) is 6.38. The van der Waals surface area contributed by atoms with Gasteiger partial charge in [-0.2, -0.15) is 5.10 Å². The van der Waals surface area contributed by atoms with Crippen LogP contribution in [0.3, 0.4) is 0 Å². The summed E-state index contributed by atoms with van der Waals surface area (Å²) in [6.45, 7) is 6.32. The Bertz CT molecular complexity index is 1010. The van der Waals surface area contributed by atoms with Gasteiger partial charge in [-0.3, -0.25) is 9.59 Å². The van der Waals surface area contributed by atoms with Crippen molar-refractivity contribution in [3.8, 4) is 0 Å². The molecule has 0 atom stereocenters. The predicted molar refractivity (Wildman–Crippen MR) is 129 cm³/mol. The number of rotatable bonds is 7. The second-order valence-corrected chi connectivity index (χ2v) is 8.64. The molecule has 0 unspecified atom stereocenters. The summed E-state index contributed by atoms with van der Waals surface area (Å²) in [6, 6.07) is 27.1. The summed E-state index contributed by atoms with van der Waals surface area (Å²) in [5.74, 6) is -1.12. The molecule has 0 radical (unpaired) electrons. The summed E-state index contributed by atoms with van der Waals surface area (Å²) in [7, 11) is 0. The fraction of sp³-hybridized carbons (Fsp3) is 0.222. The minimum Gasteiger partial charge on any atom is -0.346 e. The molecule has 0 fully saturated rings. The van der Waals surface area contributed by atoms with Crippen molar-refractivity contribution in [2.75, 3.05) is 6.54 Å². The third-order valence-corrected chi connectivity index (χ3v) is 5.13. The van der Waals surface area contributed by atoms with Crippen molar-refractivity contribution in [3.63, 3.8) is 0 Å². The van der Waals surface area contributed by atoms with E-state index in [-0.39, 0.29) is 23.8 Å². The number of benzene rings is 3. The fourth-order valence-electron chi connectivity index (χ4n) is 3.34. The summed E-state index contributed by atoms with van der Waals surface area (Å²) in [4.78, 5) is 25.1. The Kier molecular flexibility index (Phi) is 7.55. The zero-order chi connectivity index (χ0) is 23.0. The molecule has 164 valence electrons. The average Bonchev–Trinajstić information content (AvgIpc) is 2.79. The van der Waals surface area contributed by atoms with E-state index < -0.39 is 5.92 Å². The fourth-order valence-corrected chi connectivity index (χ4v) is 3.34. The van der Waals surface area contributed by atoms with Gasteiger partial charge in [0.05, 0.1) is 18.7 Å². The van der Waals surface area contributed by atoms with E-state index in [0.717, 1.165) is 16.7 Å². The smallest absolute Gasteiger partial charge is 0.259 e. The SMILES string of the molecule is CC(C)(C)c1ccc(C=NNC(=O)CNC(=O)C(c2ccccc2)c2ccccc2)cc1. The summed E-state index contributed by atoms with van der Waals surface area (Å²) >= 11 is 0. The minimum absolute atomic E-state index is 0.0828. The number of hydrogen-bond acceptors (Lipinski definition) is 3. The zero-order valence-electron chi connectivity index (χ0n) is 18.7. The van der Waals surface area contributed by atoms with E-state index in [0.29, 0.717) is 0 Å². The van der Waals surface area contributed by atoms with Crippen molar-refractivity contribution in [1.29, 1.82) is 0 Å². The molecule has 0 saturated heterocycles. The van der Waals surface area contributed by atoms with Gasteiger partial charge in [0.15, 0.2) is 0 Å². The van der Waals surface area contributed by atoms with Crippen LogP contribution in [-0.4, -0.2) is 24.6 Å². The first-order valence-electron chi connectivity index (χ1n) is 10.6. The van der Waals surface area contributed by atoms with Crippen molar-refractivity contribution in [1.82, 2.24) is 10.7 Å². The molecule has 2 amide bonds. The number of hydrogen-bond donors (Lipinski definition) is 2. The topological polar surface area (TPSA) is 70.6 Å². The van der Waals surface area contributed by atoms with E-state index in [4.69, 9.17) is 0 Å². The van der Waals surface area contributed by atoms with Crippen molar-refractivity contribution >= 4 is 18.0 Å². The number of nitrogens with zero attached hydrogens (tertiary/aromatic N) is 1. The monoisotopic (exact) mass is 427 g/mol. The van der Waals surface area contributed by atoms with E-state index in [1.165, 1.54) is 5.56 Å². The van der Waals surface area contributed by atoms with E-state index in [1.54, 1.807) is 6.21 Å². The van der Waals surface area contributed by atoms with Crippen molar-refractivity contribution in [3.05, 3.63) is 107 Å². The van der Waals surface area contributed by atoms with E-state index in [9.17, 15) is 9.59 Å². The number of nitrogens with one attached hydrogen (secondary N) is 2. The highest BCUT2D eigenvalue weighted by molar-refractivity contribution is 5.91. The Morgan fingerprint density at radius 1 is 0.844 bits per heavy atom. The molecule has 32 heavy (non-hydrogen) atoms. The summed E-state index contributed by atoms with van der Waals surface area (Å²) < 4.78 is 0. The number of hydrazone groups is 1. The van der Waals surface area contributed by atoms with Crippen LogP contribution in [0, 0.1) is 0 Å². The maximum absolute atomic E-state index is 12.9. The second-order valence-electron chi connectivity index (χ2n) is 8.64. The summed E-state index contributed by atoms with van der Waals surface area (Å²) in [5.41, 5.74) is 6.40. The normalized spacial score (nSPS) is 11.5. The average molecular weight is 428 g/mol. The van der Waals surface area contributed by atoms with Gasteiger partial charge >= 0.3 is 0 Å². The van der Waals surface area contributed by atoms with Gasteiger partial charge in [-0.25, -0.2) is 5.43 Å². The lowest BCUT2D eigenvalue weighted by atomic mass is 9.87. The van der Waals surface area contributed by atoms with Crippen LogP contribution < -0.4 is 10.7 Å². The Morgan fingerprint density at radius 2 is 1.38 bits per heavy atom. The minimum atomic E-state index is -0.491. The maximum Gasteiger partial charge on any atom is 0.259 e. The van der Waals surface area contributed by atoms with Gasteiger partial charge in [-0.05, 0) is 27.7 Å². The molecule has 3 aromatic rings. The maximum atomic E-state index is 12.9. The van der Waals surface area contributed by atoms with E-state index in [2.05, 4.69) is 48.7 Å². The molecule has 0 aliphatic carbocycles. The highest BCUT2D eigenvalue weighted by atomic mass is 16.2. The van der Waals surface area contributed by atoms with Gasteiger partial charge in [0.2, 0.25) is 5.91 Å². The van der Waals surface area contributed by atoms with Gasteiger partial charge in [0.1, 0.15) is 0 Å². The molecule has 0 heterocycles. The van der Waals surface area contributed by atoms with Crippen LogP contribution in [0.2, 0.25) is 0 Å². The number of carbonyl (C=O) groups excluding carboxylic acids is 2. The Morgan fingerprint density at radius 3 is 1.88 bits per heavy atom. The van der Waals surface area contributed by atoms with Gasteiger partial charge < -0.3 is 5.32 Å². The van der Waals surface area contributed by atoms with Gasteiger partial charge in [0.25, 0.3) is 5.91 Å². The predicted octanol–water partition coefficient (Wildman–Crippen LogP) is 4.38. The quantitative estimate of drug-likeness (QED) is 0.434. The molecule has 5 nitrogen and oxygen atoms in total. The third-order valence-electron chi connectivity index (χ3n) is 5.13. The zero-order valence-corrected chi connectivity index (χ0v) is 18.7. The lowest BCUT2D eigenvalue weighted by molar-refractivity contribution is -0.126. The highest BCUT2D eigenvalue weighted by Crippen LogP contribution is 2.24. The standard InChI is InChI=1S/C27H29N3O2/c1-27(2,3)23-16-14-20(15-17-23)18-29-30-24(31)19-28-26(32)25(21-10-6-4-7-11-21)22-12-8-5-9-13-22/h4-18,25H,19H2,1-3H3,(H,28,32)(H,30,31). The Hall–Kier alpha value is -3.73. The van der Waals surface area contributed by atoms with Gasteiger partial charge in [-0.1, -0.05) is 106 Å². The molecular weight excluding hydrogens is 398 g/mol. The van der Waals surface area contributed by atoms with Crippen molar-refractivity contribution in [2.24, 2.45) is 5.10 Å². The lowest BCUT2D eigenvalue weighted by Gasteiger charge is -2.18. The summed E-state index contributed by atoms with van der Waals surface area (Å²) in [5, 5.41) is 6.72. The number of carbonyl (C=O) groups is 2. The van der Waals surface area contributed by atoms with Crippen LogP contribution in [0.1, 0.15) is 48.9 Å². The molecule has 0 saturated carbocycles. The van der Waals surface area contributed by atoms with Crippen LogP contribution in [0.15, 0.2) is 90.0 Å². The van der Waals surface area contributed by atoms with Crippen LogP contribution in [0.5, 0.6) is 0 Å². The largest absolute Gasteiger partial charge is 0.346 e. The van der Waals surface area contributed by atoms with Crippen LogP contribution in [0.25, 0.3) is 0 Å². The second kappa shape index (κ2) is 10.5. The van der Waals surface area contributed by atoms with Gasteiger partial charge in [0, 0.05) is 0 Å². The number of amides is 2. The molecule has 0 aliphatic rings. The van der Waals surface area contributed by atoms with Crippen LogP contribution >= 0.6 is 0 Å². The molecule has 2 N–H and O–H groups in total. The summed E-state index contributed by atoms with van der Waals surface area (Å²) in [6.07, 6.45) is 1.59. The Balaban J connectivity index is 1.57.